The summed E-state index contributed by atoms with van der Waals surface area (Å²) in [6.45, 7) is 0. The maximum atomic E-state index is 13.1. The first kappa shape index (κ1) is 11.1. The minimum Gasteiger partial charge on any atom is -0.480 e. The van der Waals surface area contributed by atoms with Crippen LogP contribution in [0.2, 0.25) is 0 Å². The van der Waals surface area contributed by atoms with Crippen molar-refractivity contribution in [3.63, 3.8) is 0 Å². The molecular weight excluding hydrogens is 204 g/mol. The molecule has 1 N–H and O–H groups in total. The van der Waals surface area contributed by atoms with Gasteiger partial charge in [-0.1, -0.05) is 6.07 Å². The van der Waals surface area contributed by atoms with Crippen molar-refractivity contribution in [2.75, 3.05) is 0 Å². The van der Waals surface area contributed by atoms with E-state index >= 15 is 0 Å². The molecule has 1 aromatic carbocycles. The molecule has 0 saturated heterocycles. The van der Waals surface area contributed by atoms with Crippen molar-refractivity contribution in [3.05, 3.63) is 35.4 Å². The van der Waals surface area contributed by atoms with Crippen LogP contribution < -0.4 is 0 Å². The lowest BCUT2D eigenvalue weighted by atomic mass is 10.0. The monoisotopic (exact) mass is 211 g/mol. The summed E-state index contributed by atoms with van der Waals surface area (Å²) in [4.78, 5) is 10.5. The van der Waals surface area contributed by atoms with Gasteiger partial charge in [0.05, 0.1) is 6.07 Å². The number of hydrogen-bond donors (Lipinski definition) is 1. The number of nitrogens with zero attached hydrogens (tertiary/aromatic N) is 1. The second-order valence-electron chi connectivity index (χ2n) is 2.96. The van der Waals surface area contributed by atoms with Crippen LogP contribution in [0.4, 0.5) is 8.78 Å². The van der Waals surface area contributed by atoms with Crippen LogP contribution in [0.25, 0.3) is 0 Å². The molecule has 0 radical (unpaired) electrons. The van der Waals surface area contributed by atoms with Gasteiger partial charge in [0, 0.05) is 12.5 Å². The molecule has 0 aliphatic carbocycles. The van der Waals surface area contributed by atoms with Crippen molar-refractivity contribution in [3.8, 4) is 6.07 Å². The third-order valence-corrected chi connectivity index (χ3v) is 1.89. The van der Waals surface area contributed by atoms with E-state index in [1.807, 2.05) is 0 Å². The number of hydrogen-bond acceptors (Lipinski definition) is 2. The summed E-state index contributed by atoms with van der Waals surface area (Å²) in [5.41, 5.74) is 0.0188. The van der Waals surface area contributed by atoms with Gasteiger partial charge in [-0.25, -0.2) is 8.78 Å². The molecule has 0 amide bonds. The molecule has 0 aromatic heterocycles. The lowest BCUT2D eigenvalue weighted by Gasteiger charge is -2.04. The lowest BCUT2D eigenvalue weighted by Crippen LogP contribution is -2.15. The Morgan fingerprint density at radius 2 is 2.20 bits per heavy atom. The smallest absolute Gasteiger partial charge is 0.321 e. The third kappa shape index (κ3) is 2.74. The predicted octanol–water partition coefficient (Wildman–Crippen LogP) is 1.73. The van der Waals surface area contributed by atoms with Gasteiger partial charge in [0.2, 0.25) is 0 Å². The molecule has 0 saturated carbocycles. The van der Waals surface area contributed by atoms with Crippen LogP contribution in [0.15, 0.2) is 18.2 Å². The number of rotatable bonds is 3. The zero-order chi connectivity index (χ0) is 11.4. The van der Waals surface area contributed by atoms with E-state index in [9.17, 15) is 13.6 Å². The first-order valence-corrected chi connectivity index (χ1v) is 4.11. The van der Waals surface area contributed by atoms with Gasteiger partial charge in [-0.05, 0) is 11.6 Å². The van der Waals surface area contributed by atoms with Gasteiger partial charge >= 0.3 is 5.97 Å². The molecule has 78 valence electrons. The van der Waals surface area contributed by atoms with E-state index in [0.29, 0.717) is 6.07 Å². The van der Waals surface area contributed by atoms with Crippen molar-refractivity contribution < 1.29 is 18.7 Å². The molecule has 1 atom stereocenters. The molecule has 0 spiro atoms. The van der Waals surface area contributed by atoms with Crippen molar-refractivity contribution in [2.24, 2.45) is 5.92 Å². The Bertz CT molecular complexity index is 426. The zero-order valence-electron chi connectivity index (χ0n) is 7.58. The molecule has 0 unspecified atom stereocenters. The molecule has 0 fully saturated rings. The van der Waals surface area contributed by atoms with Crippen LogP contribution >= 0.6 is 0 Å². The number of aliphatic carboxylic acids is 1. The molecule has 15 heavy (non-hydrogen) atoms. The summed E-state index contributed by atoms with van der Waals surface area (Å²) in [6, 6.07) is 4.35. The van der Waals surface area contributed by atoms with Gasteiger partial charge in [-0.3, -0.25) is 4.79 Å². The van der Waals surface area contributed by atoms with Gasteiger partial charge in [0.25, 0.3) is 0 Å². The second kappa shape index (κ2) is 4.51. The van der Waals surface area contributed by atoms with Crippen LogP contribution in [0.5, 0.6) is 0 Å². The van der Waals surface area contributed by atoms with E-state index in [1.54, 1.807) is 0 Å². The van der Waals surface area contributed by atoms with Crippen LogP contribution in [0.1, 0.15) is 5.56 Å². The van der Waals surface area contributed by atoms with E-state index < -0.39 is 23.5 Å². The normalized spacial score (nSPS) is 11.8. The Kier molecular flexibility index (Phi) is 3.34. The molecule has 0 heterocycles. The molecule has 1 aromatic rings. The van der Waals surface area contributed by atoms with Crippen molar-refractivity contribution in [1.29, 1.82) is 5.26 Å². The first-order chi connectivity index (χ1) is 7.04. The Hall–Kier alpha value is -1.96. The highest BCUT2D eigenvalue weighted by Crippen LogP contribution is 2.14. The summed E-state index contributed by atoms with van der Waals surface area (Å²) < 4.78 is 25.6. The Labute approximate surface area is 84.6 Å². The zero-order valence-corrected chi connectivity index (χ0v) is 7.58. The standard InChI is InChI=1S/C10H7F2NO2/c11-8-2-1-6(9(12)4-8)3-7(5-13)10(14)15/h1-2,4,7H,3H2,(H,14,15)/t7-/m0/s1. The summed E-state index contributed by atoms with van der Waals surface area (Å²) >= 11 is 0. The Morgan fingerprint density at radius 1 is 1.53 bits per heavy atom. The fourth-order valence-electron chi connectivity index (χ4n) is 1.10. The van der Waals surface area contributed by atoms with Crippen molar-refractivity contribution in [1.82, 2.24) is 0 Å². The molecule has 1 rings (SSSR count). The fraction of sp³-hybridized carbons (Fsp3) is 0.200. The minimum absolute atomic E-state index is 0.0188. The summed E-state index contributed by atoms with van der Waals surface area (Å²) in [6.07, 6.45) is -0.266. The van der Waals surface area contributed by atoms with E-state index in [-0.39, 0.29) is 12.0 Å². The Balaban J connectivity index is 2.90. The van der Waals surface area contributed by atoms with E-state index in [4.69, 9.17) is 10.4 Å². The van der Waals surface area contributed by atoms with Gasteiger partial charge < -0.3 is 5.11 Å². The number of nitriles is 1. The van der Waals surface area contributed by atoms with Crippen LogP contribution in [0, 0.1) is 28.9 Å². The largest absolute Gasteiger partial charge is 0.480 e. The average Bonchev–Trinajstić information content (AvgIpc) is 2.16. The highest BCUT2D eigenvalue weighted by atomic mass is 19.1. The van der Waals surface area contributed by atoms with E-state index in [0.717, 1.165) is 12.1 Å². The maximum Gasteiger partial charge on any atom is 0.321 e. The SMILES string of the molecule is N#C[C@H](Cc1ccc(F)cc1F)C(=O)O. The predicted molar refractivity (Wildman–Crippen MR) is 46.8 cm³/mol. The number of carboxylic acids is 1. The molecule has 0 aliphatic heterocycles. The first-order valence-electron chi connectivity index (χ1n) is 4.11. The van der Waals surface area contributed by atoms with Gasteiger partial charge in [0.1, 0.15) is 17.6 Å². The number of benzene rings is 1. The minimum atomic E-state index is -1.32. The fourth-order valence-corrected chi connectivity index (χ4v) is 1.10. The summed E-state index contributed by atoms with van der Waals surface area (Å²) in [7, 11) is 0. The molecule has 3 nitrogen and oxygen atoms in total. The van der Waals surface area contributed by atoms with Crippen molar-refractivity contribution >= 4 is 5.97 Å². The molecular formula is C10H7F2NO2. The highest BCUT2D eigenvalue weighted by Gasteiger charge is 2.18. The van der Waals surface area contributed by atoms with Gasteiger partial charge in [0.15, 0.2) is 0 Å². The van der Waals surface area contributed by atoms with Crippen LogP contribution in [-0.4, -0.2) is 11.1 Å². The number of carbonyl (C=O) groups is 1. The number of carboxylic acid groups (broad SMARTS) is 1. The lowest BCUT2D eigenvalue weighted by molar-refractivity contribution is -0.139. The quantitative estimate of drug-likeness (QED) is 0.828. The number of halogens is 2. The topological polar surface area (TPSA) is 61.1 Å². The maximum absolute atomic E-state index is 13.1. The average molecular weight is 211 g/mol. The van der Waals surface area contributed by atoms with E-state index in [2.05, 4.69) is 0 Å². The van der Waals surface area contributed by atoms with E-state index in [1.165, 1.54) is 6.07 Å². The van der Waals surface area contributed by atoms with Crippen LogP contribution in [0.3, 0.4) is 0 Å². The van der Waals surface area contributed by atoms with Gasteiger partial charge in [-0.15, -0.1) is 0 Å². The Morgan fingerprint density at radius 3 is 2.67 bits per heavy atom. The van der Waals surface area contributed by atoms with Crippen molar-refractivity contribution in [2.45, 2.75) is 6.42 Å². The molecule has 0 bridgehead atoms. The summed E-state index contributed by atoms with van der Waals surface area (Å²) in [5, 5.41) is 17.0. The molecule has 0 aliphatic rings. The molecule has 5 heteroatoms. The van der Waals surface area contributed by atoms with Gasteiger partial charge in [-0.2, -0.15) is 5.26 Å². The highest BCUT2D eigenvalue weighted by molar-refractivity contribution is 5.73. The second-order valence-corrected chi connectivity index (χ2v) is 2.96. The third-order valence-electron chi connectivity index (χ3n) is 1.89. The summed E-state index contributed by atoms with van der Waals surface area (Å²) in [5.74, 6) is -4.21. The van der Waals surface area contributed by atoms with Crippen LogP contribution in [-0.2, 0) is 11.2 Å².